The Labute approximate surface area is 146 Å². The molecule has 124 valence electrons. The van der Waals surface area contributed by atoms with Crippen LogP contribution in [0.15, 0.2) is 36.4 Å². The van der Waals surface area contributed by atoms with Gasteiger partial charge in [0.25, 0.3) is 0 Å². The molecule has 2 rings (SSSR count). The fraction of sp³-hybridized carbons (Fsp3) is 0.143. The predicted molar refractivity (Wildman–Crippen MR) is 94.8 cm³/mol. The van der Waals surface area contributed by atoms with Crippen molar-refractivity contribution in [3.63, 3.8) is 0 Å². The Balaban J connectivity index is 2.79. The van der Waals surface area contributed by atoms with Crippen LogP contribution in [0.1, 0.15) is 56.8 Å². The average Bonchev–Trinajstić information content (AvgIpc) is 2.60. The van der Waals surface area contributed by atoms with Gasteiger partial charge in [0, 0.05) is 16.5 Å². The Kier molecular flexibility index (Phi) is 4.68. The summed E-state index contributed by atoms with van der Waals surface area (Å²) < 4.78 is 0. The van der Waals surface area contributed by atoms with Gasteiger partial charge >= 0.3 is 11.9 Å². The third-order valence-electron chi connectivity index (χ3n) is 4.19. The first kappa shape index (κ1) is 17.8. The van der Waals surface area contributed by atoms with E-state index in [1.807, 2.05) is 13.8 Å². The third-order valence-corrected chi connectivity index (χ3v) is 4.19. The van der Waals surface area contributed by atoms with Gasteiger partial charge in [-0.3, -0.25) is 0 Å². The number of aromatic carboxylic acids is 2. The molecule has 0 bridgehead atoms. The lowest BCUT2D eigenvalue weighted by atomic mass is 9.73. The standard InChI is InChI=1S/C21H16O4/c1-5-13-7-9-15(19(22)23)11-17(13)21(3,4)18-12-16(20(24)25)10-8-14(18)6-2/h1-2,7-12H,3-4H3,(H,22,23)(H,24,25). The number of hydrogen-bond donors (Lipinski definition) is 2. The first-order valence-electron chi connectivity index (χ1n) is 7.41. The second kappa shape index (κ2) is 6.55. The topological polar surface area (TPSA) is 74.6 Å². The monoisotopic (exact) mass is 332 g/mol. The van der Waals surface area contributed by atoms with Gasteiger partial charge in [-0.05, 0) is 47.5 Å². The van der Waals surface area contributed by atoms with Gasteiger partial charge < -0.3 is 10.2 Å². The van der Waals surface area contributed by atoms with Gasteiger partial charge in [-0.25, -0.2) is 9.59 Å². The van der Waals surface area contributed by atoms with E-state index in [-0.39, 0.29) is 11.1 Å². The molecule has 0 aromatic heterocycles. The van der Waals surface area contributed by atoms with Crippen LogP contribution >= 0.6 is 0 Å². The van der Waals surface area contributed by atoms with Gasteiger partial charge in [-0.1, -0.05) is 25.7 Å². The molecule has 0 unspecified atom stereocenters. The molecule has 4 nitrogen and oxygen atoms in total. The minimum Gasteiger partial charge on any atom is -0.478 e. The van der Waals surface area contributed by atoms with Crippen LogP contribution in [0.25, 0.3) is 0 Å². The number of carbonyl (C=O) groups is 2. The van der Waals surface area contributed by atoms with Crippen molar-refractivity contribution < 1.29 is 19.8 Å². The van der Waals surface area contributed by atoms with Crippen LogP contribution in [-0.2, 0) is 5.41 Å². The van der Waals surface area contributed by atoms with E-state index in [4.69, 9.17) is 12.8 Å². The summed E-state index contributed by atoms with van der Waals surface area (Å²) >= 11 is 0. The van der Waals surface area contributed by atoms with E-state index in [1.165, 1.54) is 24.3 Å². The quantitative estimate of drug-likeness (QED) is 0.842. The fourth-order valence-corrected chi connectivity index (χ4v) is 2.79. The zero-order valence-electron chi connectivity index (χ0n) is 13.8. The maximum Gasteiger partial charge on any atom is 0.335 e. The van der Waals surface area contributed by atoms with Crippen molar-refractivity contribution >= 4 is 11.9 Å². The zero-order valence-corrected chi connectivity index (χ0v) is 13.8. The van der Waals surface area contributed by atoms with Crippen molar-refractivity contribution in [1.82, 2.24) is 0 Å². The lowest BCUT2D eigenvalue weighted by Gasteiger charge is -2.29. The SMILES string of the molecule is C#Cc1ccc(C(=O)O)cc1C(C)(C)c1cc(C(=O)O)ccc1C#C. The van der Waals surface area contributed by atoms with Gasteiger partial charge in [0.1, 0.15) is 0 Å². The van der Waals surface area contributed by atoms with Crippen LogP contribution in [0.5, 0.6) is 0 Å². The molecule has 0 atom stereocenters. The molecule has 4 heteroatoms. The normalized spacial score (nSPS) is 10.6. The average molecular weight is 332 g/mol. The van der Waals surface area contributed by atoms with Gasteiger partial charge in [-0.2, -0.15) is 0 Å². The molecule has 25 heavy (non-hydrogen) atoms. The van der Waals surface area contributed by atoms with Gasteiger partial charge in [0.2, 0.25) is 0 Å². The van der Waals surface area contributed by atoms with E-state index in [9.17, 15) is 19.8 Å². The van der Waals surface area contributed by atoms with Crippen LogP contribution in [0.3, 0.4) is 0 Å². The molecule has 0 saturated carbocycles. The minimum absolute atomic E-state index is 0.0960. The second-order valence-corrected chi connectivity index (χ2v) is 6.04. The minimum atomic E-state index is -1.07. The fourth-order valence-electron chi connectivity index (χ4n) is 2.79. The van der Waals surface area contributed by atoms with Crippen LogP contribution < -0.4 is 0 Å². The summed E-state index contributed by atoms with van der Waals surface area (Å²) in [6, 6.07) is 9.02. The Bertz CT molecular complexity index is 875. The van der Waals surface area contributed by atoms with Crippen LogP contribution in [0, 0.1) is 24.7 Å². The molecular formula is C21H16O4. The largest absolute Gasteiger partial charge is 0.478 e. The van der Waals surface area contributed by atoms with Crippen molar-refractivity contribution in [1.29, 1.82) is 0 Å². The molecule has 0 fully saturated rings. The highest BCUT2D eigenvalue weighted by molar-refractivity contribution is 5.89. The van der Waals surface area contributed by atoms with E-state index in [0.29, 0.717) is 22.3 Å². The molecule has 0 radical (unpaired) electrons. The molecule has 0 amide bonds. The number of benzene rings is 2. The molecule has 0 aliphatic carbocycles. The summed E-state index contributed by atoms with van der Waals surface area (Å²) in [7, 11) is 0. The molecule has 2 N–H and O–H groups in total. The van der Waals surface area contributed by atoms with E-state index < -0.39 is 17.4 Å². The highest BCUT2D eigenvalue weighted by Gasteiger charge is 2.29. The molecule has 2 aromatic carbocycles. The maximum absolute atomic E-state index is 11.3. The molecule has 0 heterocycles. The number of hydrogen-bond acceptors (Lipinski definition) is 2. The Morgan fingerprint density at radius 1 is 0.840 bits per heavy atom. The summed E-state index contributed by atoms with van der Waals surface area (Å²) in [6.07, 6.45) is 11.1. The summed E-state index contributed by atoms with van der Waals surface area (Å²) in [5, 5.41) is 18.5. The first-order chi connectivity index (χ1) is 11.7. The van der Waals surface area contributed by atoms with Gasteiger partial charge in [-0.15, -0.1) is 12.8 Å². The Morgan fingerprint density at radius 3 is 1.48 bits per heavy atom. The Morgan fingerprint density at radius 2 is 1.20 bits per heavy atom. The molecule has 0 aliphatic heterocycles. The third kappa shape index (κ3) is 3.24. The molecule has 0 aliphatic rings. The number of terminal acetylenes is 2. The van der Waals surface area contributed by atoms with Crippen molar-refractivity contribution in [2.24, 2.45) is 0 Å². The predicted octanol–water partition coefficient (Wildman–Crippen LogP) is 3.37. The van der Waals surface area contributed by atoms with Crippen LogP contribution in [0.4, 0.5) is 0 Å². The van der Waals surface area contributed by atoms with Crippen molar-refractivity contribution in [3.05, 3.63) is 69.8 Å². The van der Waals surface area contributed by atoms with Crippen LogP contribution in [-0.4, -0.2) is 22.2 Å². The molecular weight excluding hydrogens is 316 g/mol. The molecule has 2 aromatic rings. The number of rotatable bonds is 4. The van der Waals surface area contributed by atoms with E-state index in [2.05, 4.69) is 11.8 Å². The molecule has 0 saturated heterocycles. The summed E-state index contributed by atoms with van der Waals surface area (Å²) in [6.45, 7) is 3.66. The first-order valence-corrected chi connectivity index (χ1v) is 7.41. The second-order valence-electron chi connectivity index (χ2n) is 6.04. The zero-order chi connectivity index (χ0) is 18.8. The highest BCUT2D eigenvalue weighted by Crippen LogP contribution is 2.36. The molecule has 0 spiro atoms. The maximum atomic E-state index is 11.3. The van der Waals surface area contributed by atoms with Crippen molar-refractivity contribution in [2.45, 2.75) is 19.3 Å². The van der Waals surface area contributed by atoms with E-state index in [0.717, 1.165) is 0 Å². The van der Waals surface area contributed by atoms with Crippen molar-refractivity contribution in [2.75, 3.05) is 0 Å². The summed E-state index contributed by atoms with van der Waals surface area (Å²) in [5.74, 6) is 2.96. The lowest BCUT2D eigenvalue weighted by Crippen LogP contribution is -2.23. The number of carboxylic acids is 2. The Hall–Kier alpha value is -3.50. The van der Waals surface area contributed by atoms with Gasteiger partial charge in [0.15, 0.2) is 0 Å². The summed E-state index contributed by atoms with van der Waals surface area (Å²) in [4.78, 5) is 22.6. The van der Waals surface area contributed by atoms with Gasteiger partial charge in [0.05, 0.1) is 11.1 Å². The smallest absolute Gasteiger partial charge is 0.335 e. The van der Waals surface area contributed by atoms with E-state index in [1.54, 1.807) is 12.1 Å². The van der Waals surface area contributed by atoms with Crippen molar-refractivity contribution in [3.8, 4) is 24.7 Å². The van der Waals surface area contributed by atoms with Crippen LogP contribution in [0.2, 0.25) is 0 Å². The summed E-state index contributed by atoms with van der Waals surface area (Å²) in [5.41, 5.74) is 1.64. The highest BCUT2D eigenvalue weighted by atomic mass is 16.4. The lowest BCUT2D eigenvalue weighted by molar-refractivity contribution is 0.0686. The number of carboxylic acid groups (broad SMARTS) is 2. The van der Waals surface area contributed by atoms with E-state index >= 15 is 0 Å².